The molecule has 2 aromatic rings. The first-order chi connectivity index (χ1) is 12.1. The number of halogens is 1. The first-order valence-electron chi connectivity index (χ1n) is 7.98. The highest BCUT2D eigenvalue weighted by molar-refractivity contribution is 7.92. The van der Waals surface area contributed by atoms with Crippen LogP contribution in [0.15, 0.2) is 30.5 Å². The van der Waals surface area contributed by atoms with Crippen LogP contribution in [0, 0.1) is 0 Å². The molecule has 0 aliphatic carbocycles. The molecule has 140 valence electrons. The summed E-state index contributed by atoms with van der Waals surface area (Å²) in [6.45, 7) is 5.64. The van der Waals surface area contributed by atoms with Gasteiger partial charge in [0.2, 0.25) is 10.0 Å². The number of rotatable bonds is 6. The first kappa shape index (κ1) is 20.1. The quantitative estimate of drug-likeness (QED) is 0.781. The van der Waals surface area contributed by atoms with E-state index in [9.17, 15) is 13.2 Å². The number of benzene rings is 1. The smallest absolute Gasteiger partial charge is 0.272 e. The Labute approximate surface area is 158 Å². The lowest BCUT2D eigenvalue weighted by atomic mass is 10.1. The van der Waals surface area contributed by atoms with Crippen molar-refractivity contribution in [3.05, 3.63) is 52.6 Å². The number of sulfonamides is 1. The molecule has 0 bridgehead atoms. The number of carbonyl (C=O) groups is 1. The summed E-state index contributed by atoms with van der Waals surface area (Å²) in [5.41, 5.74) is 1.28. The van der Waals surface area contributed by atoms with E-state index in [0.29, 0.717) is 11.5 Å². The lowest BCUT2D eigenvalue weighted by molar-refractivity contribution is 0.0934. The molecule has 7 nitrogen and oxygen atoms in total. The standard InChI is InChI=1S/C17H21ClN4O3S/c1-10(2)16-19-9-14(18)15(21-16)17(23)20-11(3)12-6-5-7-13(8-12)22-26(4,24)25/h5-11,22H,1-4H3,(H,20,23). The van der Waals surface area contributed by atoms with Crippen LogP contribution in [0.3, 0.4) is 0 Å². The summed E-state index contributed by atoms with van der Waals surface area (Å²) >= 11 is 6.06. The van der Waals surface area contributed by atoms with Gasteiger partial charge in [-0.2, -0.15) is 0 Å². The van der Waals surface area contributed by atoms with Gasteiger partial charge in [-0.25, -0.2) is 18.4 Å². The average Bonchev–Trinajstić information content (AvgIpc) is 2.53. The van der Waals surface area contributed by atoms with E-state index in [1.165, 1.54) is 6.20 Å². The van der Waals surface area contributed by atoms with Crippen LogP contribution in [0.25, 0.3) is 0 Å². The van der Waals surface area contributed by atoms with Crippen LogP contribution in [-0.2, 0) is 10.0 Å². The van der Waals surface area contributed by atoms with Crippen molar-refractivity contribution in [1.29, 1.82) is 0 Å². The Morgan fingerprint density at radius 1 is 1.23 bits per heavy atom. The number of aromatic nitrogens is 2. The second-order valence-corrected chi connectivity index (χ2v) is 8.43. The van der Waals surface area contributed by atoms with Gasteiger partial charge in [-0.1, -0.05) is 37.6 Å². The number of amides is 1. The van der Waals surface area contributed by atoms with E-state index in [1.807, 2.05) is 13.8 Å². The Bertz CT molecular complexity index is 916. The van der Waals surface area contributed by atoms with E-state index in [0.717, 1.165) is 11.8 Å². The normalized spacial score (nSPS) is 12.7. The van der Waals surface area contributed by atoms with Crippen molar-refractivity contribution in [2.24, 2.45) is 0 Å². The predicted molar refractivity (Wildman–Crippen MR) is 102 cm³/mol. The minimum atomic E-state index is -3.38. The molecule has 1 aromatic carbocycles. The van der Waals surface area contributed by atoms with Crippen LogP contribution in [0.1, 0.15) is 54.6 Å². The summed E-state index contributed by atoms with van der Waals surface area (Å²) in [6.07, 6.45) is 2.49. The number of hydrogen-bond acceptors (Lipinski definition) is 5. The molecule has 1 atom stereocenters. The third-order valence-electron chi connectivity index (χ3n) is 3.53. The number of carbonyl (C=O) groups excluding carboxylic acids is 1. The highest BCUT2D eigenvalue weighted by Crippen LogP contribution is 2.20. The summed E-state index contributed by atoms with van der Waals surface area (Å²) in [5, 5.41) is 2.99. The van der Waals surface area contributed by atoms with Crippen LogP contribution >= 0.6 is 11.6 Å². The maximum Gasteiger partial charge on any atom is 0.272 e. The fraction of sp³-hybridized carbons (Fsp3) is 0.353. The molecule has 0 spiro atoms. The van der Waals surface area contributed by atoms with Gasteiger partial charge >= 0.3 is 0 Å². The van der Waals surface area contributed by atoms with Crippen molar-refractivity contribution in [2.75, 3.05) is 11.0 Å². The van der Waals surface area contributed by atoms with Gasteiger partial charge in [0.1, 0.15) is 11.5 Å². The van der Waals surface area contributed by atoms with Gasteiger partial charge in [-0.05, 0) is 24.6 Å². The Morgan fingerprint density at radius 3 is 2.54 bits per heavy atom. The second-order valence-electron chi connectivity index (χ2n) is 6.27. The van der Waals surface area contributed by atoms with Gasteiger partial charge in [0.05, 0.1) is 23.5 Å². The van der Waals surface area contributed by atoms with Crippen molar-refractivity contribution >= 4 is 33.2 Å². The molecule has 9 heteroatoms. The van der Waals surface area contributed by atoms with E-state index in [4.69, 9.17) is 11.6 Å². The zero-order valence-electron chi connectivity index (χ0n) is 14.9. The van der Waals surface area contributed by atoms with Crippen molar-refractivity contribution in [3.63, 3.8) is 0 Å². The summed E-state index contributed by atoms with van der Waals surface area (Å²) in [6, 6.07) is 6.42. The molecule has 2 N–H and O–H groups in total. The Kier molecular flexibility index (Phi) is 6.20. The van der Waals surface area contributed by atoms with Gasteiger partial charge < -0.3 is 5.32 Å². The van der Waals surface area contributed by atoms with Crippen molar-refractivity contribution in [2.45, 2.75) is 32.7 Å². The molecule has 1 amide bonds. The minimum absolute atomic E-state index is 0.0648. The lowest BCUT2D eigenvalue weighted by Gasteiger charge is -2.16. The maximum atomic E-state index is 12.5. The molecule has 1 unspecified atom stereocenters. The number of anilines is 1. The lowest BCUT2D eigenvalue weighted by Crippen LogP contribution is -2.28. The fourth-order valence-electron chi connectivity index (χ4n) is 2.25. The van der Waals surface area contributed by atoms with E-state index < -0.39 is 15.9 Å². The van der Waals surface area contributed by atoms with Gasteiger partial charge in [-0.15, -0.1) is 0 Å². The topological polar surface area (TPSA) is 101 Å². The number of nitrogens with one attached hydrogen (secondary N) is 2. The molecule has 0 saturated carbocycles. The Morgan fingerprint density at radius 2 is 1.92 bits per heavy atom. The van der Waals surface area contributed by atoms with Gasteiger partial charge in [0, 0.05) is 11.6 Å². The Balaban J connectivity index is 2.20. The first-order valence-corrected chi connectivity index (χ1v) is 10.2. The summed E-state index contributed by atoms with van der Waals surface area (Å²) < 4.78 is 25.1. The minimum Gasteiger partial charge on any atom is -0.344 e. The molecule has 26 heavy (non-hydrogen) atoms. The van der Waals surface area contributed by atoms with Crippen molar-refractivity contribution in [3.8, 4) is 0 Å². The molecule has 0 radical (unpaired) electrons. The maximum absolute atomic E-state index is 12.5. The Hall–Kier alpha value is -2.19. The zero-order valence-corrected chi connectivity index (χ0v) is 16.5. The zero-order chi connectivity index (χ0) is 19.5. The van der Waals surface area contributed by atoms with Gasteiger partial charge in [-0.3, -0.25) is 9.52 Å². The molecular weight excluding hydrogens is 376 g/mol. The highest BCUT2D eigenvalue weighted by Gasteiger charge is 2.18. The van der Waals surface area contributed by atoms with Crippen molar-refractivity contribution in [1.82, 2.24) is 15.3 Å². The van der Waals surface area contributed by atoms with Crippen LogP contribution in [0.5, 0.6) is 0 Å². The summed E-state index contributed by atoms with van der Waals surface area (Å²) in [5.74, 6) is 0.176. The molecule has 0 saturated heterocycles. The largest absolute Gasteiger partial charge is 0.344 e. The SMILES string of the molecule is CC(C)c1ncc(Cl)c(C(=O)NC(C)c2cccc(NS(C)(=O)=O)c2)n1. The summed E-state index contributed by atoms with van der Waals surface area (Å²) in [7, 11) is -3.38. The summed E-state index contributed by atoms with van der Waals surface area (Å²) in [4.78, 5) is 20.9. The average molecular weight is 397 g/mol. The molecule has 2 rings (SSSR count). The van der Waals surface area contributed by atoms with Crippen LogP contribution in [0.2, 0.25) is 5.02 Å². The third kappa shape index (κ3) is 5.40. The van der Waals surface area contributed by atoms with E-state index >= 15 is 0 Å². The van der Waals surface area contributed by atoms with Crippen molar-refractivity contribution < 1.29 is 13.2 Å². The van der Waals surface area contributed by atoms with E-state index in [1.54, 1.807) is 31.2 Å². The third-order valence-corrected chi connectivity index (χ3v) is 4.41. The number of hydrogen-bond donors (Lipinski definition) is 2. The predicted octanol–water partition coefficient (Wildman–Crippen LogP) is 3.12. The van der Waals surface area contributed by atoms with Gasteiger partial charge in [0.25, 0.3) is 5.91 Å². The second kappa shape index (κ2) is 8.01. The number of nitrogens with zero attached hydrogens (tertiary/aromatic N) is 2. The molecule has 0 fully saturated rings. The molecule has 0 aliphatic heterocycles. The molecule has 1 aromatic heterocycles. The van der Waals surface area contributed by atoms with Crippen LogP contribution < -0.4 is 10.0 Å². The van der Waals surface area contributed by atoms with Crippen LogP contribution in [-0.4, -0.2) is 30.5 Å². The highest BCUT2D eigenvalue weighted by atomic mass is 35.5. The molecular formula is C17H21ClN4O3S. The van der Waals surface area contributed by atoms with Crippen LogP contribution in [0.4, 0.5) is 5.69 Å². The monoisotopic (exact) mass is 396 g/mol. The van der Waals surface area contributed by atoms with Gasteiger partial charge in [0.15, 0.2) is 0 Å². The van der Waals surface area contributed by atoms with E-state index in [2.05, 4.69) is 20.0 Å². The molecule has 1 heterocycles. The molecule has 0 aliphatic rings. The fourth-order valence-corrected chi connectivity index (χ4v) is 2.98. The van der Waals surface area contributed by atoms with E-state index in [-0.39, 0.29) is 22.7 Å².